The van der Waals surface area contributed by atoms with Crippen molar-refractivity contribution in [1.82, 2.24) is 5.32 Å². The Morgan fingerprint density at radius 3 is 2.83 bits per heavy atom. The van der Waals surface area contributed by atoms with E-state index in [2.05, 4.69) is 5.32 Å². The highest BCUT2D eigenvalue weighted by Crippen LogP contribution is 2.37. The van der Waals surface area contributed by atoms with Crippen LogP contribution in [0.1, 0.15) is 24.4 Å². The summed E-state index contributed by atoms with van der Waals surface area (Å²) in [5.74, 6) is 0.428. The molecular weight excluding hydrogens is 266 g/mol. The maximum atomic E-state index is 13.5. The van der Waals surface area contributed by atoms with Crippen molar-refractivity contribution in [2.75, 3.05) is 12.3 Å². The molecule has 0 spiro atoms. The monoisotopic (exact) mass is 279 g/mol. The molecule has 1 N–H and O–H groups in total. The smallest absolute Gasteiger partial charge is 0.310 e. The Kier molecular flexibility index (Phi) is 4.17. The second-order valence-electron chi connectivity index (χ2n) is 4.17. The molecule has 0 amide bonds. The Morgan fingerprint density at radius 1 is 1.33 bits per heavy atom. The average Bonchev–Trinajstić information content (AvgIpc) is 2.29. The van der Waals surface area contributed by atoms with Crippen LogP contribution >= 0.6 is 11.8 Å². The Hall–Kier alpha value is -0.750. The number of hydrogen-bond donors (Lipinski definition) is 1. The topological polar surface area (TPSA) is 12.0 Å². The predicted octanol–water partition coefficient (Wildman–Crippen LogP) is 3.90. The molecule has 0 saturated carbocycles. The minimum atomic E-state index is -4.15. The molecule has 1 aromatic rings. The van der Waals surface area contributed by atoms with Gasteiger partial charge in [0.2, 0.25) is 0 Å². The number of thioether (sulfide) groups is 1. The Morgan fingerprint density at radius 2 is 2.11 bits per heavy atom. The van der Waals surface area contributed by atoms with Crippen molar-refractivity contribution in [1.29, 1.82) is 0 Å². The molecule has 1 aromatic carbocycles. The van der Waals surface area contributed by atoms with Crippen molar-refractivity contribution in [3.8, 4) is 0 Å². The molecule has 2 rings (SSSR count). The first-order valence-electron chi connectivity index (χ1n) is 5.69. The summed E-state index contributed by atoms with van der Waals surface area (Å²) < 4.78 is 49.7. The molecule has 0 saturated heterocycles. The summed E-state index contributed by atoms with van der Waals surface area (Å²) in [6.07, 6.45) is -4.29. The van der Waals surface area contributed by atoms with Crippen LogP contribution < -0.4 is 5.32 Å². The van der Waals surface area contributed by atoms with Crippen molar-refractivity contribution in [2.24, 2.45) is 0 Å². The van der Waals surface area contributed by atoms with Gasteiger partial charge in [0.1, 0.15) is 5.82 Å². The van der Waals surface area contributed by atoms with E-state index in [-0.39, 0.29) is 18.4 Å². The molecule has 1 nitrogen and oxygen atoms in total. The zero-order valence-corrected chi connectivity index (χ0v) is 10.4. The predicted molar refractivity (Wildman–Crippen MR) is 63.2 cm³/mol. The Balaban J connectivity index is 2.02. The number of hydrogen-bond acceptors (Lipinski definition) is 2. The third kappa shape index (κ3) is 3.38. The van der Waals surface area contributed by atoms with E-state index in [1.807, 2.05) is 0 Å². The summed E-state index contributed by atoms with van der Waals surface area (Å²) in [4.78, 5) is 0.563. The first-order chi connectivity index (χ1) is 8.47. The molecule has 0 aliphatic carbocycles. The largest absolute Gasteiger partial charge is 0.390 e. The number of rotatable bonds is 3. The van der Waals surface area contributed by atoms with Crippen LogP contribution in [-0.4, -0.2) is 18.5 Å². The van der Waals surface area contributed by atoms with Gasteiger partial charge in [-0.1, -0.05) is 12.1 Å². The Labute approximate surface area is 107 Å². The molecule has 18 heavy (non-hydrogen) atoms. The molecule has 6 heteroatoms. The first-order valence-corrected chi connectivity index (χ1v) is 6.67. The van der Waals surface area contributed by atoms with E-state index in [9.17, 15) is 17.6 Å². The molecule has 1 aliphatic heterocycles. The summed E-state index contributed by atoms with van der Waals surface area (Å²) in [6, 6.07) is 4.57. The van der Waals surface area contributed by atoms with Crippen LogP contribution in [0.3, 0.4) is 0 Å². The summed E-state index contributed by atoms with van der Waals surface area (Å²) >= 11 is 1.42. The van der Waals surface area contributed by atoms with Gasteiger partial charge in [-0.3, -0.25) is 0 Å². The van der Waals surface area contributed by atoms with Gasteiger partial charge in [-0.2, -0.15) is 13.2 Å². The van der Waals surface area contributed by atoms with Crippen molar-refractivity contribution in [2.45, 2.75) is 30.0 Å². The molecule has 0 radical (unpaired) electrons. The summed E-state index contributed by atoms with van der Waals surface area (Å²) in [6.45, 7) is -0.130. The van der Waals surface area contributed by atoms with E-state index >= 15 is 0 Å². The maximum absolute atomic E-state index is 13.5. The van der Waals surface area contributed by atoms with E-state index in [1.54, 1.807) is 12.1 Å². The second kappa shape index (κ2) is 5.48. The third-order valence-corrected chi connectivity index (χ3v) is 3.98. The van der Waals surface area contributed by atoms with E-state index in [0.29, 0.717) is 4.90 Å². The summed E-state index contributed by atoms with van der Waals surface area (Å²) in [7, 11) is 0. The van der Waals surface area contributed by atoms with Gasteiger partial charge < -0.3 is 5.32 Å². The third-order valence-electron chi connectivity index (χ3n) is 2.82. The fourth-order valence-corrected chi connectivity index (χ4v) is 3.13. The van der Waals surface area contributed by atoms with Crippen molar-refractivity contribution >= 4 is 11.8 Å². The molecular formula is C12H13F4NS. The van der Waals surface area contributed by atoms with E-state index in [0.717, 1.165) is 17.7 Å². The number of alkyl halides is 3. The van der Waals surface area contributed by atoms with Gasteiger partial charge in [0.25, 0.3) is 0 Å². The Bertz CT molecular complexity index is 419. The number of benzene rings is 1. The fourth-order valence-electron chi connectivity index (χ4n) is 1.99. The van der Waals surface area contributed by atoms with Crippen molar-refractivity contribution < 1.29 is 17.6 Å². The molecule has 1 heterocycles. The minimum Gasteiger partial charge on any atom is -0.310 e. The average molecular weight is 279 g/mol. The lowest BCUT2D eigenvalue weighted by Crippen LogP contribution is -2.28. The van der Waals surface area contributed by atoms with Crippen LogP contribution in [-0.2, 0) is 0 Å². The number of nitrogens with one attached hydrogen (secondary N) is 1. The highest BCUT2D eigenvalue weighted by molar-refractivity contribution is 7.99. The van der Waals surface area contributed by atoms with Gasteiger partial charge in [-0.15, -0.1) is 11.8 Å². The lowest BCUT2D eigenvalue weighted by Gasteiger charge is -2.26. The molecule has 1 unspecified atom stereocenters. The molecule has 0 bridgehead atoms. The van der Waals surface area contributed by atoms with Gasteiger partial charge in [-0.25, -0.2) is 4.39 Å². The van der Waals surface area contributed by atoms with Gasteiger partial charge >= 0.3 is 6.18 Å². The van der Waals surface area contributed by atoms with Gasteiger partial charge in [0.15, 0.2) is 0 Å². The van der Waals surface area contributed by atoms with E-state index < -0.39 is 12.6 Å². The quantitative estimate of drug-likeness (QED) is 0.842. The molecule has 1 aliphatic rings. The maximum Gasteiger partial charge on any atom is 0.390 e. The first kappa shape index (κ1) is 13.7. The highest BCUT2D eigenvalue weighted by atomic mass is 32.2. The molecule has 0 aromatic heterocycles. The lowest BCUT2D eigenvalue weighted by molar-refractivity contribution is -0.133. The summed E-state index contributed by atoms with van der Waals surface area (Å²) in [5, 5.41) is 2.86. The number of fused-ring (bicyclic) bond motifs is 1. The van der Waals surface area contributed by atoms with Crippen LogP contribution in [0.2, 0.25) is 0 Å². The van der Waals surface area contributed by atoms with Crippen LogP contribution in [0.15, 0.2) is 23.1 Å². The van der Waals surface area contributed by atoms with Crippen LogP contribution in [0.4, 0.5) is 17.6 Å². The standard InChI is InChI=1S/C12H13F4NS/c13-9-3-1-2-8-10(4-7-18-11(8)9)17-6-5-12(14,15)16/h1-3,10,17H,4-7H2. The van der Waals surface area contributed by atoms with Crippen molar-refractivity contribution in [3.05, 3.63) is 29.6 Å². The van der Waals surface area contributed by atoms with E-state index in [4.69, 9.17) is 0 Å². The molecule has 1 atom stereocenters. The molecule has 100 valence electrons. The fraction of sp³-hybridized carbons (Fsp3) is 0.500. The van der Waals surface area contributed by atoms with Gasteiger partial charge in [-0.05, 0) is 23.8 Å². The molecule has 0 fully saturated rings. The SMILES string of the molecule is Fc1cccc2c1SCCC2NCCC(F)(F)F. The normalized spacial score (nSPS) is 19.7. The minimum absolute atomic E-state index is 0.130. The van der Waals surface area contributed by atoms with Crippen molar-refractivity contribution in [3.63, 3.8) is 0 Å². The van der Waals surface area contributed by atoms with Gasteiger partial charge in [0.05, 0.1) is 6.42 Å². The second-order valence-corrected chi connectivity index (χ2v) is 5.27. The highest BCUT2D eigenvalue weighted by Gasteiger charge is 2.28. The van der Waals surface area contributed by atoms with Crippen LogP contribution in [0.25, 0.3) is 0 Å². The van der Waals surface area contributed by atoms with E-state index in [1.165, 1.54) is 17.8 Å². The summed E-state index contributed by atoms with van der Waals surface area (Å²) in [5.41, 5.74) is 0.772. The van der Waals surface area contributed by atoms with Gasteiger partial charge in [0, 0.05) is 17.5 Å². The number of halogens is 4. The van der Waals surface area contributed by atoms with Crippen LogP contribution in [0, 0.1) is 5.82 Å². The zero-order chi connectivity index (χ0) is 13.2. The zero-order valence-electron chi connectivity index (χ0n) is 9.56. The lowest BCUT2D eigenvalue weighted by atomic mass is 10.0. The van der Waals surface area contributed by atoms with Crippen LogP contribution in [0.5, 0.6) is 0 Å².